The number of likely N-dealkylation sites (tertiary alicyclic amines) is 1. The maximum atomic E-state index is 13.0. The average molecular weight is 388 g/mol. The zero-order valence-corrected chi connectivity index (χ0v) is 16.1. The second-order valence-electron chi connectivity index (χ2n) is 6.96. The van der Waals surface area contributed by atoms with Crippen LogP contribution in [0.25, 0.3) is 22.2 Å². The molecule has 0 atom stereocenters. The fourth-order valence-corrected chi connectivity index (χ4v) is 3.64. The van der Waals surface area contributed by atoms with Crippen LogP contribution < -0.4 is 0 Å². The van der Waals surface area contributed by atoms with Crippen LogP contribution >= 0.6 is 0 Å². The van der Waals surface area contributed by atoms with Gasteiger partial charge in [-0.3, -0.25) is 14.5 Å². The summed E-state index contributed by atoms with van der Waals surface area (Å²) in [5.74, 6) is -1.30. The molecule has 1 aliphatic rings. The number of fused-ring (bicyclic) bond motifs is 1. The van der Waals surface area contributed by atoms with Gasteiger partial charge in [0.1, 0.15) is 0 Å². The van der Waals surface area contributed by atoms with Gasteiger partial charge in [0.25, 0.3) is 5.91 Å². The smallest absolute Gasteiger partial charge is 0.339 e. The number of hydrogen-bond acceptors (Lipinski definition) is 5. The lowest BCUT2D eigenvalue weighted by Crippen LogP contribution is -2.35. The molecule has 0 saturated carbocycles. The van der Waals surface area contributed by atoms with Crippen LogP contribution in [0.2, 0.25) is 0 Å². The van der Waals surface area contributed by atoms with Crippen molar-refractivity contribution in [1.82, 2.24) is 9.88 Å². The highest BCUT2D eigenvalue weighted by Crippen LogP contribution is 2.30. The molecule has 1 aromatic heterocycles. The average Bonchev–Trinajstić information content (AvgIpc) is 3.18. The third-order valence-corrected chi connectivity index (χ3v) is 5.09. The number of benzene rings is 2. The van der Waals surface area contributed by atoms with E-state index in [2.05, 4.69) is 0 Å². The van der Waals surface area contributed by atoms with Crippen LogP contribution in [0.3, 0.4) is 0 Å². The molecule has 146 valence electrons. The summed E-state index contributed by atoms with van der Waals surface area (Å²) in [6.07, 6.45) is 1.00. The third-order valence-electron chi connectivity index (χ3n) is 5.09. The molecule has 0 aliphatic carbocycles. The van der Waals surface area contributed by atoms with Crippen molar-refractivity contribution in [1.29, 1.82) is 0 Å². The molecule has 2 amide bonds. The Bertz CT molecular complexity index is 1110. The Morgan fingerprint density at radius 1 is 1.07 bits per heavy atom. The maximum absolute atomic E-state index is 13.0. The zero-order chi connectivity index (χ0) is 20.4. The summed E-state index contributed by atoms with van der Waals surface area (Å²) in [6, 6.07) is 16.9. The lowest BCUT2D eigenvalue weighted by Gasteiger charge is -2.16. The number of rotatable bonds is 4. The van der Waals surface area contributed by atoms with Gasteiger partial charge in [0.15, 0.2) is 6.61 Å². The molecule has 6 nitrogen and oxygen atoms in total. The second kappa shape index (κ2) is 7.83. The summed E-state index contributed by atoms with van der Waals surface area (Å²) < 4.78 is 5.32. The van der Waals surface area contributed by atoms with Gasteiger partial charge in [0.2, 0.25) is 5.91 Å². The van der Waals surface area contributed by atoms with E-state index in [-0.39, 0.29) is 5.91 Å². The molecule has 0 spiro atoms. The lowest BCUT2D eigenvalue weighted by molar-refractivity contribution is -0.143. The number of para-hydroxylation sites is 1. The van der Waals surface area contributed by atoms with Gasteiger partial charge in [-0.25, -0.2) is 9.78 Å². The molecule has 3 aromatic rings. The van der Waals surface area contributed by atoms with Crippen molar-refractivity contribution in [3.8, 4) is 11.3 Å². The molecular weight excluding hydrogens is 368 g/mol. The largest absolute Gasteiger partial charge is 0.452 e. The number of aromatic nitrogens is 1. The first kappa shape index (κ1) is 18.8. The summed E-state index contributed by atoms with van der Waals surface area (Å²) in [5, 5.41) is 0.666. The fourth-order valence-electron chi connectivity index (χ4n) is 3.64. The zero-order valence-electron chi connectivity index (χ0n) is 16.1. The van der Waals surface area contributed by atoms with Crippen molar-refractivity contribution in [2.75, 3.05) is 13.2 Å². The van der Waals surface area contributed by atoms with Crippen LogP contribution in [0.15, 0.2) is 54.6 Å². The summed E-state index contributed by atoms with van der Waals surface area (Å²) >= 11 is 0. The minimum Gasteiger partial charge on any atom is -0.452 e. The molecule has 2 heterocycles. The summed E-state index contributed by atoms with van der Waals surface area (Å²) in [6.45, 7) is 1.75. The lowest BCUT2D eigenvalue weighted by atomic mass is 9.98. The SMILES string of the molecule is Cc1c(-c2ccccc2)nc2ccccc2c1C(=O)OCC(=O)N1CCCC1=O. The van der Waals surface area contributed by atoms with Crippen molar-refractivity contribution < 1.29 is 19.1 Å². The van der Waals surface area contributed by atoms with Gasteiger partial charge >= 0.3 is 5.97 Å². The van der Waals surface area contributed by atoms with Crippen molar-refractivity contribution >= 4 is 28.7 Å². The van der Waals surface area contributed by atoms with E-state index in [1.807, 2.05) is 61.5 Å². The molecule has 1 fully saturated rings. The minimum atomic E-state index is -0.599. The van der Waals surface area contributed by atoms with Crippen molar-refractivity contribution in [2.24, 2.45) is 0 Å². The monoisotopic (exact) mass is 388 g/mol. The number of carbonyl (C=O) groups is 3. The molecule has 6 heteroatoms. The Morgan fingerprint density at radius 2 is 1.79 bits per heavy atom. The summed E-state index contributed by atoms with van der Waals surface area (Å²) in [7, 11) is 0. The Hall–Kier alpha value is -3.54. The van der Waals surface area contributed by atoms with Gasteiger partial charge in [-0.1, -0.05) is 48.5 Å². The minimum absolute atomic E-state index is 0.219. The first-order valence-corrected chi connectivity index (χ1v) is 9.51. The highest BCUT2D eigenvalue weighted by atomic mass is 16.5. The predicted octanol–water partition coefficient (Wildman–Crippen LogP) is 3.52. The first-order chi connectivity index (χ1) is 14.1. The second-order valence-corrected chi connectivity index (χ2v) is 6.96. The Labute approximate surface area is 168 Å². The van der Waals surface area contributed by atoms with Gasteiger partial charge in [-0.2, -0.15) is 0 Å². The molecule has 1 aliphatic heterocycles. The van der Waals surface area contributed by atoms with Gasteiger partial charge in [0.05, 0.1) is 16.8 Å². The van der Waals surface area contributed by atoms with Crippen LogP contribution in [0.4, 0.5) is 0 Å². The third kappa shape index (κ3) is 3.61. The molecule has 0 N–H and O–H groups in total. The molecule has 0 unspecified atom stereocenters. The fraction of sp³-hybridized carbons (Fsp3) is 0.217. The number of amides is 2. The normalized spacial score (nSPS) is 13.7. The Morgan fingerprint density at radius 3 is 2.52 bits per heavy atom. The number of hydrogen-bond donors (Lipinski definition) is 0. The topological polar surface area (TPSA) is 76.6 Å². The van der Waals surface area contributed by atoms with E-state index in [1.54, 1.807) is 0 Å². The van der Waals surface area contributed by atoms with Crippen molar-refractivity contribution in [3.05, 3.63) is 65.7 Å². The number of nitrogens with zero attached hydrogens (tertiary/aromatic N) is 2. The van der Waals surface area contributed by atoms with E-state index in [4.69, 9.17) is 9.72 Å². The van der Waals surface area contributed by atoms with Gasteiger partial charge in [-0.15, -0.1) is 0 Å². The van der Waals surface area contributed by atoms with Crippen molar-refractivity contribution in [2.45, 2.75) is 19.8 Å². The number of pyridine rings is 1. The number of esters is 1. The van der Waals surface area contributed by atoms with Crippen LogP contribution in [0, 0.1) is 6.92 Å². The number of imide groups is 1. The van der Waals surface area contributed by atoms with E-state index in [0.29, 0.717) is 47.1 Å². The Kier molecular flexibility index (Phi) is 5.08. The van der Waals surface area contributed by atoms with E-state index in [0.717, 1.165) is 10.5 Å². The molecule has 4 rings (SSSR count). The van der Waals surface area contributed by atoms with E-state index < -0.39 is 18.5 Å². The molecule has 1 saturated heterocycles. The molecule has 2 aromatic carbocycles. The van der Waals surface area contributed by atoms with Crippen LogP contribution in [-0.2, 0) is 14.3 Å². The predicted molar refractivity (Wildman–Crippen MR) is 108 cm³/mol. The maximum Gasteiger partial charge on any atom is 0.339 e. The molecule has 0 radical (unpaired) electrons. The van der Waals surface area contributed by atoms with Crippen molar-refractivity contribution in [3.63, 3.8) is 0 Å². The quantitative estimate of drug-likeness (QED) is 0.639. The highest BCUT2D eigenvalue weighted by Gasteiger charge is 2.28. The Balaban J connectivity index is 1.68. The van der Waals surface area contributed by atoms with Crippen LogP contribution in [0.5, 0.6) is 0 Å². The first-order valence-electron chi connectivity index (χ1n) is 9.51. The molecule has 29 heavy (non-hydrogen) atoms. The van der Waals surface area contributed by atoms with Crippen LogP contribution in [0.1, 0.15) is 28.8 Å². The van der Waals surface area contributed by atoms with E-state index >= 15 is 0 Å². The number of carbonyl (C=O) groups excluding carboxylic acids is 3. The van der Waals surface area contributed by atoms with Crippen LogP contribution in [-0.4, -0.2) is 40.8 Å². The van der Waals surface area contributed by atoms with E-state index in [1.165, 1.54) is 0 Å². The molecule has 0 bridgehead atoms. The van der Waals surface area contributed by atoms with E-state index in [9.17, 15) is 14.4 Å². The van der Waals surface area contributed by atoms with Gasteiger partial charge in [0, 0.05) is 23.9 Å². The number of ether oxygens (including phenoxy) is 1. The summed E-state index contributed by atoms with van der Waals surface area (Å²) in [4.78, 5) is 42.8. The van der Waals surface area contributed by atoms with Gasteiger partial charge < -0.3 is 4.74 Å². The summed E-state index contributed by atoms with van der Waals surface area (Å²) in [5.41, 5.74) is 3.32. The highest BCUT2D eigenvalue weighted by molar-refractivity contribution is 6.07. The van der Waals surface area contributed by atoms with Gasteiger partial charge in [-0.05, 0) is 25.0 Å². The molecular formula is C23H20N2O4. The standard InChI is InChI=1S/C23H20N2O4/c1-15-21(23(28)29-14-20(27)25-13-7-12-19(25)26)17-10-5-6-11-18(17)24-22(15)16-8-3-2-4-9-16/h2-6,8-11H,7,12-14H2,1H3.